The third-order valence-electron chi connectivity index (χ3n) is 6.67. The van der Waals surface area contributed by atoms with Gasteiger partial charge in [0.2, 0.25) is 17.7 Å². The van der Waals surface area contributed by atoms with Gasteiger partial charge in [-0.3, -0.25) is 14.4 Å². The van der Waals surface area contributed by atoms with Crippen molar-refractivity contribution in [2.24, 2.45) is 5.41 Å². The number of rotatable bonds is 7. The van der Waals surface area contributed by atoms with Gasteiger partial charge in [0.25, 0.3) is 0 Å². The zero-order chi connectivity index (χ0) is 26.8. The van der Waals surface area contributed by atoms with Crippen LogP contribution < -0.4 is 10.6 Å². The van der Waals surface area contributed by atoms with E-state index in [0.29, 0.717) is 6.54 Å². The molecular formula is C28H39N3O4S. The monoisotopic (exact) mass is 513 g/mol. The quantitative estimate of drug-likeness (QED) is 0.522. The Labute approximate surface area is 218 Å². The summed E-state index contributed by atoms with van der Waals surface area (Å²) >= 11 is 1.72. The van der Waals surface area contributed by atoms with Gasteiger partial charge in [0.05, 0.1) is 6.10 Å². The molecule has 3 rings (SSSR count). The summed E-state index contributed by atoms with van der Waals surface area (Å²) in [4.78, 5) is 41.1. The fraction of sp³-hybridized carbons (Fsp3) is 0.536. The van der Waals surface area contributed by atoms with Gasteiger partial charge < -0.3 is 20.6 Å². The van der Waals surface area contributed by atoms with Gasteiger partial charge in [0.1, 0.15) is 12.1 Å². The van der Waals surface area contributed by atoms with E-state index >= 15 is 0 Å². The second kappa shape index (κ2) is 11.1. The zero-order valence-corrected chi connectivity index (χ0v) is 23.2. The lowest BCUT2D eigenvalue weighted by molar-refractivity contribution is -0.143. The average molecular weight is 514 g/mol. The molecule has 3 N–H and O–H groups in total. The van der Waals surface area contributed by atoms with Gasteiger partial charge in [0.15, 0.2) is 0 Å². The van der Waals surface area contributed by atoms with Crippen LogP contribution in [0.3, 0.4) is 0 Å². The summed E-state index contributed by atoms with van der Waals surface area (Å²) in [5.41, 5.74) is 4.06. The third-order valence-corrected chi connectivity index (χ3v) is 7.74. The maximum Gasteiger partial charge on any atom is 0.246 e. The molecule has 7 nitrogen and oxygen atoms in total. The Hall–Kier alpha value is -2.71. The first-order chi connectivity index (χ1) is 16.8. The summed E-state index contributed by atoms with van der Waals surface area (Å²) in [7, 11) is 0. The van der Waals surface area contributed by atoms with Crippen LogP contribution in [0.15, 0.2) is 29.6 Å². The second-order valence-electron chi connectivity index (χ2n) is 11.1. The minimum atomic E-state index is -0.795. The van der Waals surface area contributed by atoms with Crippen molar-refractivity contribution in [3.63, 3.8) is 0 Å². The van der Waals surface area contributed by atoms with E-state index in [1.807, 2.05) is 20.8 Å². The van der Waals surface area contributed by atoms with Crippen LogP contribution in [-0.4, -0.2) is 52.5 Å². The van der Waals surface area contributed by atoms with Gasteiger partial charge in [0, 0.05) is 31.3 Å². The van der Waals surface area contributed by atoms with Crippen LogP contribution in [0.5, 0.6) is 0 Å². The first kappa shape index (κ1) is 27.9. The molecule has 3 atom stereocenters. The van der Waals surface area contributed by atoms with Crippen LogP contribution in [0.2, 0.25) is 0 Å². The molecule has 1 aliphatic heterocycles. The van der Waals surface area contributed by atoms with Crippen molar-refractivity contribution in [1.82, 2.24) is 15.5 Å². The number of thiophene rings is 1. The van der Waals surface area contributed by atoms with Gasteiger partial charge >= 0.3 is 0 Å². The number of likely N-dealkylation sites (tertiary alicyclic amines) is 1. The zero-order valence-electron chi connectivity index (χ0n) is 22.3. The van der Waals surface area contributed by atoms with Crippen LogP contribution in [0.25, 0.3) is 10.4 Å². The number of nitrogens with one attached hydrogen (secondary N) is 2. The third kappa shape index (κ3) is 6.34. The predicted octanol–water partition coefficient (Wildman–Crippen LogP) is 3.98. The normalized spacial score (nSPS) is 18.9. The standard InChI is InChI=1S/C28H39N3O4S/c1-16(2)22-12-19(24-17(3)10-11-36-24)8-9-20(22)14-29-26(34)23-13-21(33)15-31(23)27(35)25(28(5,6)7)30-18(4)32/h8-12,16,21,23,25,33H,13-15H2,1-7H3,(H,29,34)(H,30,32)/t21-,23+,25-/m1/s1. The van der Waals surface area contributed by atoms with Crippen molar-refractivity contribution >= 4 is 29.1 Å². The Bertz CT molecular complexity index is 1120. The van der Waals surface area contributed by atoms with E-state index in [2.05, 4.69) is 61.1 Å². The summed E-state index contributed by atoms with van der Waals surface area (Å²) < 4.78 is 0. The van der Waals surface area contributed by atoms with Crippen molar-refractivity contribution in [3.05, 3.63) is 46.3 Å². The van der Waals surface area contributed by atoms with Gasteiger partial charge in [-0.1, -0.05) is 46.8 Å². The van der Waals surface area contributed by atoms with Gasteiger partial charge in [-0.2, -0.15) is 0 Å². The Balaban J connectivity index is 1.77. The molecule has 0 spiro atoms. The van der Waals surface area contributed by atoms with E-state index in [0.717, 1.165) is 5.56 Å². The Morgan fingerprint density at radius 2 is 1.89 bits per heavy atom. The smallest absolute Gasteiger partial charge is 0.246 e. The van der Waals surface area contributed by atoms with Gasteiger partial charge in [-0.05, 0) is 58.0 Å². The summed E-state index contributed by atoms with van der Waals surface area (Å²) in [6.07, 6.45) is -0.621. The SMILES string of the molecule is CC(=O)N[C@H](C(=O)N1C[C@H](O)C[C@H]1C(=O)NCc1ccc(-c2sccc2C)cc1C(C)C)C(C)(C)C. The van der Waals surface area contributed by atoms with Crippen molar-refractivity contribution in [3.8, 4) is 10.4 Å². The lowest BCUT2D eigenvalue weighted by Gasteiger charge is -2.35. The number of benzene rings is 1. The molecule has 0 unspecified atom stereocenters. The highest BCUT2D eigenvalue weighted by atomic mass is 32.1. The molecule has 0 bridgehead atoms. The maximum atomic E-state index is 13.4. The number of β-amino-alcohol motifs (C(OH)–C–C–N with tert-alkyl or cyclic N) is 1. The lowest BCUT2D eigenvalue weighted by Crippen LogP contribution is -2.57. The van der Waals surface area contributed by atoms with Crippen LogP contribution >= 0.6 is 11.3 Å². The average Bonchev–Trinajstić information content (AvgIpc) is 3.39. The Morgan fingerprint density at radius 3 is 2.44 bits per heavy atom. The molecule has 36 heavy (non-hydrogen) atoms. The molecule has 0 saturated carbocycles. The van der Waals surface area contributed by atoms with Crippen LogP contribution in [0, 0.1) is 12.3 Å². The second-order valence-corrected chi connectivity index (χ2v) is 12.0. The van der Waals surface area contributed by atoms with Crippen molar-refractivity contribution in [2.75, 3.05) is 6.54 Å². The highest BCUT2D eigenvalue weighted by molar-refractivity contribution is 7.13. The number of carbonyl (C=O) groups excluding carboxylic acids is 3. The highest BCUT2D eigenvalue weighted by Gasteiger charge is 2.44. The minimum absolute atomic E-state index is 0.0647. The van der Waals surface area contributed by atoms with Gasteiger partial charge in [-0.15, -0.1) is 11.3 Å². The fourth-order valence-electron chi connectivity index (χ4n) is 4.73. The molecule has 196 valence electrons. The molecule has 1 saturated heterocycles. The number of aryl methyl sites for hydroxylation is 1. The molecule has 1 aliphatic rings. The van der Waals surface area contributed by atoms with Crippen LogP contribution in [-0.2, 0) is 20.9 Å². The fourth-order valence-corrected chi connectivity index (χ4v) is 5.65. The molecule has 8 heteroatoms. The largest absolute Gasteiger partial charge is 0.391 e. The number of aliphatic hydroxyl groups is 1. The Morgan fingerprint density at radius 1 is 1.19 bits per heavy atom. The molecule has 1 aromatic heterocycles. The molecule has 1 fully saturated rings. The topological polar surface area (TPSA) is 98.7 Å². The van der Waals surface area contributed by atoms with E-state index in [1.165, 1.54) is 33.4 Å². The number of nitrogens with zero attached hydrogens (tertiary/aromatic N) is 1. The summed E-state index contributed by atoms with van der Waals surface area (Å²) in [5.74, 6) is -0.698. The summed E-state index contributed by atoms with van der Waals surface area (Å²) in [6, 6.07) is 6.87. The van der Waals surface area contributed by atoms with Crippen LogP contribution in [0.1, 0.15) is 70.6 Å². The molecule has 0 radical (unpaired) electrons. The molecule has 3 amide bonds. The molecular weight excluding hydrogens is 474 g/mol. The van der Waals surface area contributed by atoms with E-state index < -0.39 is 23.6 Å². The molecule has 2 aromatic rings. The van der Waals surface area contributed by atoms with Crippen molar-refractivity contribution in [2.45, 2.75) is 85.5 Å². The highest BCUT2D eigenvalue weighted by Crippen LogP contribution is 2.33. The molecule has 0 aliphatic carbocycles. The van der Waals surface area contributed by atoms with Crippen molar-refractivity contribution in [1.29, 1.82) is 0 Å². The number of hydrogen-bond acceptors (Lipinski definition) is 5. The lowest BCUT2D eigenvalue weighted by atomic mass is 9.85. The summed E-state index contributed by atoms with van der Waals surface area (Å²) in [6.45, 7) is 13.7. The molecule has 2 heterocycles. The number of amides is 3. The molecule has 1 aromatic carbocycles. The maximum absolute atomic E-state index is 13.4. The first-order valence-electron chi connectivity index (χ1n) is 12.5. The van der Waals surface area contributed by atoms with Crippen LogP contribution in [0.4, 0.5) is 0 Å². The van der Waals surface area contributed by atoms with Crippen molar-refractivity contribution < 1.29 is 19.5 Å². The van der Waals surface area contributed by atoms with E-state index in [4.69, 9.17) is 0 Å². The number of hydrogen-bond donors (Lipinski definition) is 3. The summed E-state index contributed by atoms with van der Waals surface area (Å²) in [5, 5.41) is 18.1. The predicted molar refractivity (Wildman–Crippen MR) is 144 cm³/mol. The van der Waals surface area contributed by atoms with Gasteiger partial charge in [-0.25, -0.2) is 0 Å². The van der Waals surface area contributed by atoms with E-state index in [9.17, 15) is 19.5 Å². The van der Waals surface area contributed by atoms with E-state index in [-0.39, 0.29) is 36.6 Å². The Kier molecular flexibility index (Phi) is 8.62. The number of aliphatic hydroxyl groups excluding tert-OH is 1. The minimum Gasteiger partial charge on any atom is -0.391 e. The van der Waals surface area contributed by atoms with E-state index in [1.54, 1.807) is 11.3 Å². The number of carbonyl (C=O) groups is 3. The first-order valence-corrected chi connectivity index (χ1v) is 13.4.